The molecule has 0 aliphatic rings. The SMILES string of the molecule is Cc1ccc(NC(=O)c2ccc(-c3nc(-c4ccc(F)cc4)no3)cc2)nc1. The Morgan fingerprint density at radius 1 is 0.964 bits per heavy atom. The number of amides is 1. The Morgan fingerprint density at radius 3 is 2.36 bits per heavy atom. The molecule has 0 saturated heterocycles. The Kier molecular flexibility index (Phi) is 4.63. The van der Waals surface area contributed by atoms with E-state index in [-0.39, 0.29) is 11.7 Å². The van der Waals surface area contributed by atoms with Crippen LogP contribution in [0, 0.1) is 12.7 Å². The van der Waals surface area contributed by atoms with E-state index in [1.807, 2.05) is 13.0 Å². The lowest BCUT2D eigenvalue weighted by atomic mass is 10.1. The Balaban J connectivity index is 1.49. The second kappa shape index (κ2) is 7.40. The molecule has 7 heteroatoms. The summed E-state index contributed by atoms with van der Waals surface area (Å²) in [7, 11) is 0. The highest BCUT2D eigenvalue weighted by Crippen LogP contribution is 2.23. The van der Waals surface area contributed by atoms with Crippen LogP contribution in [0.3, 0.4) is 0 Å². The summed E-state index contributed by atoms with van der Waals surface area (Å²) in [6, 6.07) is 16.2. The van der Waals surface area contributed by atoms with Gasteiger partial charge in [0.15, 0.2) is 0 Å². The van der Waals surface area contributed by atoms with Crippen molar-refractivity contribution in [3.05, 3.63) is 83.8 Å². The van der Waals surface area contributed by atoms with Crippen LogP contribution in [-0.2, 0) is 0 Å². The number of rotatable bonds is 4. The van der Waals surface area contributed by atoms with Gasteiger partial charge >= 0.3 is 0 Å². The van der Waals surface area contributed by atoms with Crippen LogP contribution in [0.4, 0.5) is 10.2 Å². The average molecular weight is 374 g/mol. The Bertz CT molecular complexity index is 1100. The summed E-state index contributed by atoms with van der Waals surface area (Å²) in [6.07, 6.45) is 1.69. The highest BCUT2D eigenvalue weighted by Gasteiger charge is 2.12. The van der Waals surface area contributed by atoms with Gasteiger partial charge in [0.1, 0.15) is 11.6 Å². The van der Waals surface area contributed by atoms with E-state index in [1.165, 1.54) is 12.1 Å². The van der Waals surface area contributed by atoms with Crippen molar-refractivity contribution in [3.8, 4) is 22.8 Å². The molecule has 1 amide bonds. The molecule has 0 aliphatic heterocycles. The Morgan fingerprint density at radius 2 is 1.68 bits per heavy atom. The zero-order chi connectivity index (χ0) is 19.5. The molecule has 4 rings (SSSR count). The van der Waals surface area contributed by atoms with E-state index >= 15 is 0 Å². The molecule has 0 unspecified atom stereocenters. The predicted octanol–water partition coefficient (Wildman–Crippen LogP) is 4.50. The first-order chi connectivity index (χ1) is 13.6. The molecule has 0 fully saturated rings. The van der Waals surface area contributed by atoms with Gasteiger partial charge in [-0.2, -0.15) is 4.98 Å². The molecule has 138 valence electrons. The third-order valence-electron chi connectivity index (χ3n) is 4.08. The van der Waals surface area contributed by atoms with Gasteiger partial charge < -0.3 is 9.84 Å². The first-order valence-corrected chi connectivity index (χ1v) is 8.52. The molecule has 0 atom stereocenters. The van der Waals surface area contributed by atoms with Crippen molar-refractivity contribution in [3.63, 3.8) is 0 Å². The average Bonchev–Trinajstić information content (AvgIpc) is 3.20. The quantitative estimate of drug-likeness (QED) is 0.569. The van der Waals surface area contributed by atoms with Crippen LogP contribution < -0.4 is 5.32 Å². The number of hydrogen-bond acceptors (Lipinski definition) is 5. The van der Waals surface area contributed by atoms with Crippen LogP contribution in [0.5, 0.6) is 0 Å². The fraction of sp³-hybridized carbons (Fsp3) is 0.0476. The molecule has 0 aliphatic carbocycles. The Hall–Kier alpha value is -3.87. The normalized spacial score (nSPS) is 10.6. The van der Waals surface area contributed by atoms with Gasteiger partial charge in [0.25, 0.3) is 11.8 Å². The summed E-state index contributed by atoms with van der Waals surface area (Å²) in [4.78, 5) is 20.8. The summed E-state index contributed by atoms with van der Waals surface area (Å²) >= 11 is 0. The van der Waals surface area contributed by atoms with E-state index < -0.39 is 0 Å². The number of nitrogens with one attached hydrogen (secondary N) is 1. The van der Waals surface area contributed by atoms with Gasteiger partial charge in [-0.25, -0.2) is 9.37 Å². The number of halogens is 1. The summed E-state index contributed by atoms with van der Waals surface area (Å²) < 4.78 is 18.3. The molecular formula is C21H15FN4O2. The van der Waals surface area contributed by atoms with Crippen molar-refractivity contribution < 1.29 is 13.7 Å². The van der Waals surface area contributed by atoms with Crippen molar-refractivity contribution >= 4 is 11.7 Å². The summed E-state index contributed by atoms with van der Waals surface area (Å²) in [6.45, 7) is 1.93. The first kappa shape index (κ1) is 17.5. The van der Waals surface area contributed by atoms with Gasteiger partial charge in [-0.3, -0.25) is 4.79 Å². The first-order valence-electron chi connectivity index (χ1n) is 8.52. The molecule has 6 nitrogen and oxygen atoms in total. The Labute approximate surface area is 160 Å². The van der Waals surface area contributed by atoms with E-state index in [2.05, 4.69) is 20.4 Å². The second-order valence-electron chi connectivity index (χ2n) is 6.18. The zero-order valence-corrected chi connectivity index (χ0v) is 14.9. The second-order valence-corrected chi connectivity index (χ2v) is 6.18. The molecule has 1 N–H and O–H groups in total. The molecule has 2 heterocycles. The van der Waals surface area contributed by atoms with E-state index in [0.29, 0.717) is 34.2 Å². The van der Waals surface area contributed by atoms with Crippen molar-refractivity contribution in [2.24, 2.45) is 0 Å². The summed E-state index contributed by atoms with van der Waals surface area (Å²) in [5.41, 5.74) is 2.81. The van der Waals surface area contributed by atoms with Gasteiger partial charge in [-0.15, -0.1) is 0 Å². The van der Waals surface area contributed by atoms with E-state index in [1.54, 1.807) is 48.7 Å². The topological polar surface area (TPSA) is 80.9 Å². The number of anilines is 1. The molecular weight excluding hydrogens is 359 g/mol. The minimum absolute atomic E-state index is 0.263. The molecule has 4 aromatic rings. The van der Waals surface area contributed by atoms with Crippen molar-refractivity contribution in [1.82, 2.24) is 15.1 Å². The van der Waals surface area contributed by atoms with Crippen LogP contribution in [-0.4, -0.2) is 21.0 Å². The van der Waals surface area contributed by atoms with E-state index in [4.69, 9.17) is 4.52 Å². The molecule has 2 aromatic heterocycles. The molecule has 0 bridgehead atoms. The molecule has 0 spiro atoms. The van der Waals surface area contributed by atoms with Gasteiger partial charge in [-0.1, -0.05) is 11.2 Å². The third kappa shape index (κ3) is 3.78. The monoisotopic (exact) mass is 374 g/mol. The van der Waals surface area contributed by atoms with Crippen molar-refractivity contribution in [2.75, 3.05) is 5.32 Å². The number of nitrogens with zero attached hydrogens (tertiary/aromatic N) is 3. The standard InChI is InChI=1S/C21H15FN4O2/c1-13-2-11-18(23-12-13)24-20(27)15-3-5-16(6-4-15)21-25-19(26-28-21)14-7-9-17(22)10-8-14/h2-12H,1H3,(H,23,24,27). The number of aromatic nitrogens is 3. The number of carbonyl (C=O) groups excluding carboxylic acids is 1. The highest BCUT2D eigenvalue weighted by atomic mass is 19.1. The van der Waals surface area contributed by atoms with Crippen LogP contribution >= 0.6 is 0 Å². The maximum atomic E-state index is 13.0. The fourth-order valence-corrected chi connectivity index (χ4v) is 2.55. The highest BCUT2D eigenvalue weighted by molar-refractivity contribution is 6.03. The van der Waals surface area contributed by atoms with Gasteiger partial charge in [-0.05, 0) is 67.1 Å². The van der Waals surface area contributed by atoms with Gasteiger partial charge in [0.05, 0.1) is 0 Å². The molecule has 0 radical (unpaired) electrons. The van der Waals surface area contributed by atoms with E-state index in [9.17, 15) is 9.18 Å². The largest absolute Gasteiger partial charge is 0.334 e. The predicted molar refractivity (Wildman–Crippen MR) is 102 cm³/mol. The van der Waals surface area contributed by atoms with E-state index in [0.717, 1.165) is 5.56 Å². The lowest BCUT2D eigenvalue weighted by Gasteiger charge is -2.05. The maximum Gasteiger partial charge on any atom is 0.258 e. The summed E-state index contributed by atoms with van der Waals surface area (Å²) in [5.74, 6) is 0.567. The lowest BCUT2D eigenvalue weighted by molar-refractivity contribution is 0.102. The number of carbonyl (C=O) groups is 1. The van der Waals surface area contributed by atoms with Crippen molar-refractivity contribution in [1.29, 1.82) is 0 Å². The minimum atomic E-state index is -0.331. The summed E-state index contributed by atoms with van der Waals surface area (Å²) in [5, 5.41) is 6.66. The third-order valence-corrected chi connectivity index (χ3v) is 4.08. The van der Waals surface area contributed by atoms with Crippen LogP contribution in [0.25, 0.3) is 22.8 Å². The number of pyridine rings is 1. The molecule has 0 saturated carbocycles. The molecule has 2 aromatic carbocycles. The minimum Gasteiger partial charge on any atom is -0.334 e. The van der Waals surface area contributed by atoms with Crippen LogP contribution in [0.1, 0.15) is 15.9 Å². The van der Waals surface area contributed by atoms with Crippen molar-refractivity contribution in [2.45, 2.75) is 6.92 Å². The lowest BCUT2D eigenvalue weighted by Crippen LogP contribution is -2.12. The number of aryl methyl sites for hydroxylation is 1. The van der Waals surface area contributed by atoms with Crippen LogP contribution in [0.2, 0.25) is 0 Å². The molecule has 28 heavy (non-hydrogen) atoms. The maximum absolute atomic E-state index is 13.0. The van der Waals surface area contributed by atoms with Gasteiger partial charge in [0.2, 0.25) is 5.82 Å². The van der Waals surface area contributed by atoms with Gasteiger partial charge in [0, 0.05) is 22.9 Å². The number of benzene rings is 2. The zero-order valence-electron chi connectivity index (χ0n) is 14.9. The smallest absolute Gasteiger partial charge is 0.258 e. The fourth-order valence-electron chi connectivity index (χ4n) is 2.55. The number of hydrogen-bond donors (Lipinski definition) is 1. The van der Waals surface area contributed by atoms with Crippen LogP contribution in [0.15, 0.2) is 71.4 Å².